The third-order valence-corrected chi connectivity index (χ3v) is 4.16. The van der Waals surface area contributed by atoms with Crippen molar-refractivity contribution >= 4 is 17.3 Å². The maximum absolute atomic E-state index is 12.2. The molecule has 5 heteroatoms. The molecule has 1 aliphatic heterocycles. The Balaban J connectivity index is 1.53. The summed E-state index contributed by atoms with van der Waals surface area (Å²) in [7, 11) is 0. The van der Waals surface area contributed by atoms with Crippen LogP contribution in [0.5, 0.6) is 11.5 Å². The van der Waals surface area contributed by atoms with Crippen LogP contribution in [0.3, 0.4) is 0 Å². The fourth-order valence-electron chi connectivity index (χ4n) is 3.10. The Morgan fingerprint density at radius 2 is 1.68 bits per heavy atom. The summed E-state index contributed by atoms with van der Waals surface area (Å²) < 4.78 is 11.0. The van der Waals surface area contributed by atoms with Gasteiger partial charge in [0.2, 0.25) is 5.91 Å². The van der Waals surface area contributed by atoms with Gasteiger partial charge in [-0.1, -0.05) is 17.7 Å². The highest BCUT2D eigenvalue weighted by molar-refractivity contribution is 5.91. The second-order valence-corrected chi connectivity index (χ2v) is 6.36. The molecule has 0 saturated heterocycles. The number of carbonyl (C=O) groups excluding carboxylic acids is 1. The molecular weight excluding hydrogens is 316 g/mol. The molecule has 0 aliphatic carbocycles. The smallest absolute Gasteiger partial charge is 0.226 e. The van der Waals surface area contributed by atoms with E-state index in [1.807, 2.05) is 12.1 Å². The van der Waals surface area contributed by atoms with Crippen LogP contribution in [0.25, 0.3) is 0 Å². The van der Waals surface area contributed by atoms with Crippen LogP contribution in [-0.2, 0) is 4.79 Å². The van der Waals surface area contributed by atoms with Crippen molar-refractivity contribution in [3.8, 4) is 11.5 Å². The molecule has 2 aromatic rings. The van der Waals surface area contributed by atoms with Crippen LogP contribution in [0, 0.1) is 20.8 Å². The molecule has 0 atom stereocenters. The molecule has 0 aromatic heterocycles. The zero-order valence-electron chi connectivity index (χ0n) is 14.9. The van der Waals surface area contributed by atoms with Gasteiger partial charge in [-0.3, -0.25) is 4.79 Å². The predicted octanol–water partition coefficient (Wildman–Crippen LogP) is 3.82. The summed E-state index contributed by atoms with van der Waals surface area (Å²) in [5.74, 6) is 1.36. The van der Waals surface area contributed by atoms with Gasteiger partial charge in [0.05, 0.1) is 0 Å². The van der Waals surface area contributed by atoms with Gasteiger partial charge < -0.3 is 20.1 Å². The van der Waals surface area contributed by atoms with Crippen LogP contribution in [0.2, 0.25) is 0 Å². The van der Waals surface area contributed by atoms with Gasteiger partial charge in [-0.15, -0.1) is 0 Å². The zero-order chi connectivity index (χ0) is 17.8. The van der Waals surface area contributed by atoms with E-state index in [9.17, 15) is 4.79 Å². The van der Waals surface area contributed by atoms with Gasteiger partial charge in [-0.05, 0) is 44.0 Å². The lowest BCUT2D eigenvalue weighted by Crippen LogP contribution is -2.18. The van der Waals surface area contributed by atoms with Crippen molar-refractivity contribution in [2.75, 3.05) is 30.4 Å². The lowest BCUT2D eigenvalue weighted by atomic mass is 10.1. The van der Waals surface area contributed by atoms with Crippen LogP contribution in [0.1, 0.15) is 23.1 Å². The van der Waals surface area contributed by atoms with Gasteiger partial charge in [-0.25, -0.2) is 0 Å². The fourth-order valence-corrected chi connectivity index (χ4v) is 3.10. The number of hydrogen-bond donors (Lipinski definition) is 2. The van der Waals surface area contributed by atoms with Gasteiger partial charge in [0, 0.05) is 30.4 Å². The second-order valence-electron chi connectivity index (χ2n) is 6.36. The monoisotopic (exact) mass is 340 g/mol. The van der Waals surface area contributed by atoms with Crippen LogP contribution in [0.4, 0.5) is 11.4 Å². The molecule has 2 N–H and O–H groups in total. The summed E-state index contributed by atoms with van der Waals surface area (Å²) in [5.41, 5.74) is 5.47. The highest BCUT2D eigenvalue weighted by Gasteiger charge is 2.13. The van der Waals surface area contributed by atoms with E-state index in [0.717, 1.165) is 17.1 Å². The van der Waals surface area contributed by atoms with Crippen molar-refractivity contribution in [3.05, 3.63) is 47.0 Å². The van der Waals surface area contributed by atoms with Gasteiger partial charge in [0.25, 0.3) is 0 Å². The van der Waals surface area contributed by atoms with Gasteiger partial charge in [-0.2, -0.15) is 0 Å². The number of ether oxygens (including phenoxy) is 2. The molecule has 0 saturated carbocycles. The highest BCUT2D eigenvalue weighted by Crippen LogP contribution is 2.32. The van der Waals surface area contributed by atoms with E-state index < -0.39 is 0 Å². The first-order valence-corrected chi connectivity index (χ1v) is 8.54. The van der Waals surface area contributed by atoms with Crippen LogP contribution >= 0.6 is 0 Å². The quantitative estimate of drug-likeness (QED) is 0.869. The van der Waals surface area contributed by atoms with E-state index in [-0.39, 0.29) is 5.91 Å². The number of benzene rings is 2. The molecule has 0 radical (unpaired) electrons. The Morgan fingerprint density at radius 3 is 2.40 bits per heavy atom. The van der Waals surface area contributed by atoms with E-state index in [1.54, 1.807) is 6.07 Å². The minimum absolute atomic E-state index is 0.0356. The Morgan fingerprint density at radius 1 is 1.00 bits per heavy atom. The van der Waals surface area contributed by atoms with Gasteiger partial charge in [0.15, 0.2) is 11.5 Å². The van der Waals surface area contributed by atoms with Crippen molar-refractivity contribution in [2.24, 2.45) is 0 Å². The zero-order valence-corrected chi connectivity index (χ0v) is 14.9. The Hall–Kier alpha value is -2.69. The number of aryl methyl sites for hydroxylation is 3. The molecule has 0 bridgehead atoms. The normalized spacial score (nSPS) is 12.6. The lowest BCUT2D eigenvalue weighted by Gasteiger charge is -2.19. The van der Waals surface area contributed by atoms with Crippen molar-refractivity contribution in [1.82, 2.24) is 0 Å². The first-order valence-electron chi connectivity index (χ1n) is 8.54. The number of hydrogen-bond acceptors (Lipinski definition) is 4. The maximum atomic E-state index is 12.2. The van der Waals surface area contributed by atoms with E-state index in [4.69, 9.17) is 9.47 Å². The minimum Gasteiger partial charge on any atom is -0.486 e. The molecule has 1 aliphatic rings. The molecule has 1 heterocycles. The molecular formula is C20H24N2O3. The van der Waals surface area contributed by atoms with Crippen molar-refractivity contribution in [1.29, 1.82) is 0 Å². The number of nitrogens with one attached hydrogen (secondary N) is 2. The molecule has 3 rings (SSSR count). The van der Waals surface area contributed by atoms with E-state index in [0.29, 0.717) is 31.9 Å². The number of amides is 1. The number of rotatable bonds is 5. The van der Waals surface area contributed by atoms with E-state index in [2.05, 4.69) is 43.5 Å². The highest BCUT2D eigenvalue weighted by atomic mass is 16.6. The minimum atomic E-state index is -0.0356. The number of fused-ring (bicyclic) bond motifs is 1. The SMILES string of the molecule is Cc1cc(C)c(NCCC(=O)Nc2ccc3c(c2)OCCO3)c(C)c1. The molecule has 132 valence electrons. The Kier molecular flexibility index (Phi) is 5.12. The summed E-state index contributed by atoms with van der Waals surface area (Å²) in [6, 6.07) is 9.73. The average Bonchev–Trinajstić information content (AvgIpc) is 2.57. The number of carbonyl (C=O) groups is 1. The van der Waals surface area contributed by atoms with E-state index >= 15 is 0 Å². The third kappa shape index (κ3) is 4.24. The summed E-state index contributed by atoms with van der Waals surface area (Å²) in [4.78, 5) is 12.2. The van der Waals surface area contributed by atoms with Crippen LogP contribution in [-0.4, -0.2) is 25.7 Å². The maximum Gasteiger partial charge on any atom is 0.226 e. The predicted molar refractivity (Wildman–Crippen MR) is 99.8 cm³/mol. The molecule has 25 heavy (non-hydrogen) atoms. The van der Waals surface area contributed by atoms with Crippen molar-refractivity contribution in [2.45, 2.75) is 27.2 Å². The number of anilines is 2. The lowest BCUT2D eigenvalue weighted by molar-refractivity contribution is -0.115. The summed E-state index contributed by atoms with van der Waals surface area (Å²) in [5, 5.41) is 6.27. The first kappa shape index (κ1) is 17.1. The Bertz CT molecular complexity index is 764. The molecule has 5 nitrogen and oxygen atoms in total. The molecule has 0 fully saturated rings. The van der Waals surface area contributed by atoms with E-state index in [1.165, 1.54) is 16.7 Å². The second kappa shape index (κ2) is 7.47. The third-order valence-electron chi connectivity index (χ3n) is 4.16. The molecule has 2 aromatic carbocycles. The fraction of sp³-hybridized carbons (Fsp3) is 0.350. The summed E-state index contributed by atoms with van der Waals surface area (Å²) in [6.45, 7) is 7.92. The van der Waals surface area contributed by atoms with Gasteiger partial charge in [0.1, 0.15) is 13.2 Å². The van der Waals surface area contributed by atoms with Crippen LogP contribution in [0.15, 0.2) is 30.3 Å². The van der Waals surface area contributed by atoms with Crippen LogP contribution < -0.4 is 20.1 Å². The Labute approximate surface area is 148 Å². The largest absolute Gasteiger partial charge is 0.486 e. The molecule has 0 spiro atoms. The summed E-state index contributed by atoms with van der Waals surface area (Å²) in [6.07, 6.45) is 0.390. The standard InChI is InChI=1S/C20H24N2O3/c1-13-10-14(2)20(15(3)11-13)21-7-6-19(23)22-16-4-5-17-18(12-16)25-9-8-24-17/h4-5,10-12,21H,6-9H2,1-3H3,(H,22,23). The topological polar surface area (TPSA) is 59.6 Å². The van der Waals surface area contributed by atoms with Crippen molar-refractivity contribution < 1.29 is 14.3 Å². The van der Waals surface area contributed by atoms with Gasteiger partial charge >= 0.3 is 0 Å². The summed E-state index contributed by atoms with van der Waals surface area (Å²) >= 11 is 0. The molecule has 0 unspecified atom stereocenters. The molecule has 1 amide bonds. The van der Waals surface area contributed by atoms with Crippen molar-refractivity contribution in [3.63, 3.8) is 0 Å². The first-order chi connectivity index (χ1) is 12.0. The average molecular weight is 340 g/mol.